The molecule has 2 aromatic rings. The van der Waals surface area contributed by atoms with Crippen molar-refractivity contribution in [3.8, 4) is 0 Å². The fraction of sp³-hybridized carbons (Fsp3) is 0.400. The van der Waals surface area contributed by atoms with E-state index in [1.165, 1.54) is 0 Å². The second-order valence-electron chi connectivity index (χ2n) is 6.99. The lowest BCUT2D eigenvalue weighted by atomic mass is 9.94. The molecule has 1 unspecified atom stereocenters. The third-order valence-corrected chi connectivity index (χ3v) is 5.53. The number of nitrogens with one attached hydrogen (secondary N) is 2. The van der Waals surface area contributed by atoms with Crippen molar-refractivity contribution in [2.75, 3.05) is 19.6 Å². The fourth-order valence-electron chi connectivity index (χ4n) is 4.18. The molecule has 2 heterocycles. The zero-order valence-corrected chi connectivity index (χ0v) is 14.4. The Morgan fingerprint density at radius 1 is 1.20 bits per heavy atom. The highest BCUT2D eigenvalue weighted by Gasteiger charge is 2.67. The van der Waals surface area contributed by atoms with E-state index in [4.69, 9.17) is 9.72 Å². The van der Waals surface area contributed by atoms with Crippen molar-refractivity contribution in [2.45, 2.75) is 18.9 Å². The van der Waals surface area contributed by atoms with E-state index in [9.17, 15) is 4.79 Å². The van der Waals surface area contributed by atoms with Crippen molar-refractivity contribution in [3.63, 3.8) is 0 Å². The number of fused-ring (bicyclic) bond motifs is 1. The van der Waals surface area contributed by atoms with E-state index in [-0.39, 0.29) is 18.1 Å². The van der Waals surface area contributed by atoms with Crippen LogP contribution in [-0.2, 0) is 16.8 Å². The molecule has 4 rings (SSSR count). The predicted molar refractivity (Wildman–Crippen MR) is 95.1 cm³/mol. The Hall–Kier alpha value is -2.40. The molecule has 1 amide bonds. The number of ether oxygens (including phenoxy) is 1. The van der Waals surface area contributed by atoms with Crippen molar-refractivity contribution in [2.24, 2.45) is 11.8 Å². The van der Waals surface area contributed by atoms with Crippen LogP contribution < -0.4 is 10.6 Å². The van der Waals surface area contributed by atoms with Crippen molar-refractivity contribution in [3.05, 3.63) is 65.5 Å². The Morgan fingerprint density at radius 3 is 2.68 bits per heavy atom. The minimum absolute atomic E-state index is 0.0525. The molecule has 130 valence electrons. The maximum absolute atomic E-state index is 12.1. The van der Waals surface area contributed by atoms with E-state index >= 15 is 0 Å². The van der Waals surface area contributed by atoms with Gasteiger partial charge in [-0.15, -0.1) is 0 Å². The van der Waals surface area contributed by atoms with Crippen LogP contribution in [0.2, 0.25) is 0 Å². The van der Waals surface area contributed by atoms with E-state index in [1.807, 2.05) is 43.3 Å². The summed E-state index contributed by atoms with van der Waals surface area (Å²) >= 11 is 0. The quantitative estimate of drug-likeness (QED) is 0.879. The number of pyridine rings is 1. The maximum atomic E-state index is 12.1. The van der Waals surface area contributed by atoms with Crippen LogP contribution in [0, 0.1) is 18.8 Å². The molecule has 1 aromatic heterocycles. The molecule has 2 N–H and O–H groups in total. The molecular weight excluding hydrogens is 314 g/mol. The minimum atomic E-state index is -0.367. The molecule has 5 heteroatoms. The summed E-state index contributed by atoms with van der Waals surface area (Å²) in [5, 5.41) is 6.40. The number of amides is 1. The highest BCUT2D eigenvalue weighted by atomic mass is 16.5. The number of hydrogen-bond acceptors (Lipinski definition) is 4. The van der Waals surface area contributed by atoms with Gasteiger partial charge in [0.2, 0.25) is 0 Å². The van der Waals surface area contributed by atoms with Gasteiger partial charge in [-0.2, -0.15) is 0 Å². The van der Waals surface area contributed by atoms with Crippen LogP contribution in [0.1, 0.15) is 17.0 Å². The summed E-state index contributed by atoms with van der Waals surface area (Å²) in [4.78, 5) is 16.9. The molecule has 25 heavy (non-hydrogen) atoms. The molecule has 2 fully saturated rings. The molecule has 1 aliphatic carbocycles. The number of piperidine rings is 1. The number of aryl methyl sites for hydroxylation is 1. The first-order chi connectivity index (χ1) is 12.2. The van der Waals surface area contributed by atoms with Gasteiger partial charge in [-0.1, -0.05) is 36.4 Å². The van der Waals surface area contributed by atoms with Crippen molar-refractivity contribution in [1.82, 2.24) is 15.6 Å². The molecule has 0 radical (unpaired) electrons. The number of rotatable bonds is 5. The number of alkyl carbamates (subject to hydrolysis) is 1. The fourth-order valence-corrected chi connectivity index (χ4v) is 4.18. The normalized spacial score (nSPS) is 26.8. The average Bonchev–Trinajstić information content (AvgIpc) is 2.98. The summed E-state index contributed by atoms with van der Waals surface area (Å²) in [6.45, 7) is 4.85. The molecule has 5 nitrogen and oxygen atoms in total. The van der Waals surface area contributed by atoms with E-state index in [1.54, 1.807) is 0 Å². The summed E-state index contributed by atoms with van der Waals surface area (Å²) < 4.78 is 5.35. The van der Waals surface area contributed by atoms with E-state index in [0.29, 0.717) is 18.4 Å². The van der Waals surface area contributed by atoms with E-state index < -0.39 is 0 Å². The predicted octanol–water partition coefficient (Wildman–Crippen LogP) is 2.40. The first-order valence-electron chi connectivity index (χ1n) is 8.79. The molecule has 1 aromatic carbocycles. The SMILES string of the molecule is Cc1cccc(C2(CNC(=O)OCc3ccccc3)[C@@H]3CNC[C@@H]32)n1. The van der Waals surface area contributed by atoms with Gasteiger partial charge in [-0.3, -0.25) is 4.98 Å². The lowest BCUT2D eigenvalue weighted by Gasteiger charge is -2.22. The number of carbonyl (C=O) groups excluding carboxylic acids is 1. The Kier molecular flexibility index (Phi) is 4.17. The van der Waals surface area contributed by atoms with E-state index in [0.717, 1.165) is 30.0 Å². The highest BCUT2D eigenvalue weighted by molar-refractivity contribution is 5.67. The third kappa shape index (κ3) is 3.00. The van der Waals surface area contributed by atoms with Gasteiger partial charge in [0.15, 0.2) is 0 Å². The maximum Gasteiger partial charge on any atom is 0.407 e. The standard InChI is InChI=1S/C20H23N3O2/c1-14-6-5-9-18(23-14)20(16-10-21-11-17(16)20)13-22-19(24)25-12-15-7-3-2-4-8-15/h2-9,16-17,21H,10-13H2,1H3,(H,22,24)/t16-,17+,20?. The van der Waals surface area contributed by atoms with Crippen molar-refractivity contribution < 1.29 is 9.53 Å². The zero-order valence-electron chi connectivity index (χ0n) is 14.4. The topological polar surface area (TPSA) is 63.2 Å². The second-order valence-corrected chi connectivity index (χ2v) is 6.99. The molecule has 0 bridgehead atoms. The minimum Gasteiger partial charge on any atom is -0.445 e. The van der Waals surface area contributed by atoms with Crippen LogP contribution in [0.4, 0.5) is 4.79 Å². The van der Waals surface area contributed by atoms with Crippen LogP contribution >= 0.6 is 0 Å². The largest absolute Gasteiger partial charge is 0.445 e. The molecule has 2 aliphatic rings. The van der Waals surface area contributed by atoms with Crippen LogP contribution in [0.3, 0.4) is 0 Å². The first-order valence-corrected chi connectivity index (χ1v) is 8.79. The molecule has 1 aliphatic heterocycles. The van der Waals surface area contributed by atoms with Gasteiger partial charge in [-0.05, 0) is 49.5 Å². The number of carbonyl (C=O) groups is 1. The lowest BCUT2D eigenvalue weighted by Crippen LogP contribution is -2.38. The smallest absolute Gasteiger partial charge is 0.407 e. The summed E-state index contributed by atoms with van der Waals surface area (Å²) in [5.41, 5.74) is 3.04. The molecular formula is C20H23N3O2. The van der Waals surface area contributed by atoms with Crippen molar-refractivity contribution in [1.29, 1.82) is 0 Å². The van der Waals surface area contributed by atoms with Crippen LogP contribution in [0.15, 0.2) is 48.5 Å². The third-order valence-electron chi connectivity index (χ3n) is 5.53. The number of nitrogens with zero attached hydrogens (tertiary/aromatic N) is 1. The molecule has 1 saturated carbocycles. The van der Waals surface area contributed by atoms with Crippen LogP contribution in [-0.4, -0.2) is 30.7 Å². The van der Waals surface area contributed by atoms with Gasteiger partial charge in [0.05, 0.1) is 0 Å². The van der Waals surface area contributed by atoms with Gasteiger partial charge in [-0.25, -0.2) is 4.79 Å². The monoisotopic (exact) mass is 337 g/mol. The van der Waals surface area contributed by atoms with Gasteiger partial charge in [0, 0.05) is 23.3 Å². The lowest BCUT2D eigenvalue weighted by molar-refractivity contribution is 0.138. The summed E-state index contributed by atoms with van der Waals surface area (Å²) in [6.07, 6.45) is -0.367. The Balaban J connectivity index is 1.40. The Labute approximate surface area is 147 Å². The van der Waals surface area contributed by atoms with E-state index in [2.05, 4.69) is 22.8 Å². The first kappa shape index (κ1) is 16.1. The van der Waals surface area contributed by atoms with Gasteiger partial charge in [0.1, 0.15) is 6.61 Å². The van der Waals surface area contributed by atoms with Gasteiger partial charge in [0.25, 0.3) is 0 Å². The average molecular weight is 337 g/mol. The highest BCUT2D eigenvalue weighted by Crippen LogP contribution is 2.60. The van der Waals surface area contributed by atoms with Crippen LogP contribution in [0.5, 0.6) is 0 Å². The summed E-state index contributed by atoms with van der Waals surface area (Å²) in [7, 11) is 0. The van der Waals surface area contributed by atoms with Crippen molar-refractivity contribution >= 4 is 6.09 Å². The number of benzene rings is 1. The Bertz CT molecular complexity index is 753. The van der Waals surface area contributed by atoms with Crippen LogP contribution in [0.25, 0.3) is 0 Å². The number of aromatic nitrogens is 1. The zero-order chi connectivity index (χ0) is 17.3. The Morgan fingerprint density at radius 2 is 1.96 bits per heavy atom. The summed E-state index contributed by atoms with van der Waals surface area (Å²) in [6, 6.07) is 15.9. The van der Waals surface area contributed by atoms with Gasteiger partial charge >= 0.3 is 6.09 Å². The molecule has 3 atom stereocenters. The number of hydrogen-bond donors (Lipinski definition) is 2. The van der Waals surface area contributed by atoms with Gasteiger partial charge < -0.3 is 15.4 Å². The summed E-state index contributed by atoms with van der Waals surface area (Å²) in [5.74, 6) is 1.08. The molecule has 1 saturated heterocycles. The second kappa shape index (κ2) is 6.48. The molecule has 0 spiro atoms.